The Labute approximate surface area is 134 Å². The zero-order valence-electron chi connectivity index (χ0n) is 12.2. The molecule has 2 rings (SSSR count). The van der Waals surface area contributed by atoms with Gasteiger partial charge in [0.15, 0.2) is 21.3 Å². The number of halogens is 1. The molecule has 0 aliphatic carbocycles. The van der Waals surface area contributed by atoms with Gasteiger partial charge >= 0.3 is 0 Å². The third kappa shape index (κ3) is 4.34. The van der Waals surface area contributed by atoms with Gasteiger partial charge in [0.2, 0.25) is 0 Å². The molecule has 0 spiro atoms. The van der Waals surface area contributed by atoms with Gasteiger partial charge in [0, 0.05) is 12.6 Å². The second kappa shape index (κ2) is 6.98. The summed E-state index contributed by atoms with van der Waals surface area (Å²) in [4.78, 5) is 0. The summed E-state index contributed by atoms with van der Waals surface area (Å²) in [5, 5.41) is 3.29. The van der Waals surface area contributed by atoms with E-state index in [-0.39, 0.29) is 17.5 Å². The van der Waals surface area contributed by atoms with Crippen molar-refractivity contribution < 1.29 is 17.9 Å². The van der Waals surface area contributed by atoms with Crippen molar-refractivity contribution in [2.75, 3.05) is 25.2 Å². The molecule has 1 fully saturated rings. The summed E-state index contributed by atoms with van der Waals surface area (Å²) in [5.41, 5.74) is 1.02. The lowest BCUT2D eigenvalue weighted by Crippen LogP contribution is -2.29. The van der Waals surface area contributed by atoms with E-state index < -0.39 is 9.84 Å². The summed E-state index contributed by atoms with van der Waals surface area (Å²) in [6, 6.07) is 3.90. The fourth-order valence-electron chi connectivity index (χ4n) is 2.38. The van der Waals surface area contributed by atoms with Crippen molar-refractivity contribution in [2.45, 2.75) is 25.9 Å². The zero-order chi connectivity index (χ0) is 15.5. The molecule has 0 radical (unpaired) electrons. The lowest BCUT2D eigenvalue weighted by molar-refractivity contribution is 0.308. The smallest absolute Gasteiger partial charge is 0.175 e. The Kier molecular flexibility index (Phi) is 5.51. The van der Waals surface area contributed by atoms with Gasteiger partial charge in [-0.05, 0) is 47.0 Å². The highest BCUT2D eigenvalue weighted by Gasteiger charge is 2.27. The van der Waals surface area contributed by atoms with E-state index in [9.17, 15) is 8.42 Å². The van der Waals surface area contributed by atoms with E-state index in [0.29, 0.717) is 31.1 Å². The Morgan fingerprint density at radius 2 is 2.19 bits per heavy atom. The van der Waals surface area contributed by atoms with Crippen molar-refractivity contribution in [1.82, 2.24) is 5.32 Å². The first kappa shape index (κ1) is 16.6. The van der Waals surface area contributed by atoms with Gasteiger partial charge in [-0.25, -0.2) is 8.42 Å². The first-order chi connectivity index (χ1) is 9.95. The van der Waals surface area contributed by atoms with Crippen LogP contribution < -0.4 is 14.8 Å². The molecule has 21 heavy (non-hydrogen) atoms. The highest BCUT2D eigenvalue weighted by Crippen LogP contribution is 2.36. The normalized spacial score (nSPS) is 20.4. The van der Waals surface area contributed by atoms with Gasteiger partial charge in [-0.3, -0.25) is 0 Å². The molecule has 118 valence electrons. The average Bonchev–Trinajstić information content (AvgIpc) is 2.78. The second-order valence-corrected chi connectivity index (χ2v) is 8.11. The predicted octanol–water partition coefficient (Wildman–Crippen LogP) is 2.13. The maximum Gasteiger partial charge on any atom is 0.175 e. The molecule has 0 unspecified atom stereocenters. The lowest BCUT2D eigenvalue weighted by atomic mass is 10.1. The van der Waals surface area contributed by atoms with Crippen LogP contribution in [0.1, 0.15) is 18.9 Å². The highest BCUT2D eigenvalue weighted by molar-refractivity contribution is 9.10. The zero-order valence-corrected chi connectivity index (χ0v) is 14.6. The van der Waals surface area contributed by atoms with Crippen LogP contribution in [0, 0.1) is 0 Å². The maximum absolute atomic E-state index is 11.4. The molecule has 1 aromatic carbocycles. The van der Waals surface area contributed by atoms with Crippen LogP contribution in [0.15, 0.2) is 16.6 Å². The van der Waals surface area contributed by atoms with Gasteiger partial charge in [-0.1, -0.05) is 0 Å². The molecule has 1 aliphatic heterocycles. The molecule has 1 saturated heterocycles. The monoisotopic (exact) mass is 377 g/mol. The Bertz CT molecular complexity index is 603. The van der Waals surface area contributed by atoms with Gasteiger partial charge < -0.3 is 14.8 Å². The van der Waals surface area contributed by atoms with Crippen molar-refractivity contribution in [3.05, 3.63) is 22.2 Å². The number of hydrogen-bond acceptors (Lipinski definition) is 5. The molecule has 0 bridgehead atoms. The maximum atomic E-state index is 11.4. The van der Waals surface area contributed by atoms with Crippen molar-refractivity contribution in [1.29, 1.82) is 0 Å². The summed E-state index contributed by atoms with van der Waals surface area (Å²) in [5.74, 6) is 1.86. The molecule has 0 amide bonds. The molecule has 7 heteroatoms. The van der Waals surface area contributed by atoms with Gasteiger partial charge in [0.05, 0.1) is 29.7 Å². The van der Waals surface area contributed by atoms with E-state index in [2.05, 4.69) is 21.2 Å². The third-order valence-electron chi connectivity index (χ3n) is 3.41. The highest BCUT2D eigenvalue weighted by atomic mass is 79.9. The minimum atomic E-state index is -2.85. The molecule has 1 N–H and O–H groups in total. The number of benzene rings is 1. The van der Waals surface area contributed by atoms with Gasteiger partial charge in [0.25, 0.3) is 0 Å². The molecule has 0 aromatic heterocycles. The van der Waals surface area contributed by atoms with Crippen LogP contribution in [0.2, 0.25) is 0 Å². The summed E-state index contributed by atoms with van der Waals surface area (Å²) in [6.45, 7) is 3.08. The number of hydrogen-bond donors (Lipinski definition) is 1. The van der Waals surface area contributed by atoms with Crippen LogP contribution in [0.25, 0.3) is 0 Å². The first-order valence-electron chi connectivity index (χ1n) is 6.88. The Hall–Kier alpha value is -0.790. The van der Waals surface area contributed by atoms with E-state index in [4.69, 9.17) is 9.47 Å². The van der Waals surface area contributed by atoms with E-state index in [1.165, 1.54) is 0 Å². The van der Waals surface area contributed by atoms with Crippen molar-refractivity contribution in [3.8, 4) is 11.5 Å². The van der Waals surface area contributed by atoms with Gasteiger partial charge in [-0.2, -0.15) is 0 Å². The third-order valence-corrected chi connectivity index (χ3v) is 5.76. The fourth-order valence-corrected chi connectivity index (χ4v) is 4.69. The van der Waals surface area contributed by atoms with Crippen molar-refractivity contribution >= 4 is 25.8 Å². The van der Waals surface area contributed by atoms with Gasteiger partial charge in [0.1, 0.15) is 0 Å². The molecule has 0 saturated carbocycles. The minimum Gasteiger partial charge on any atom is -0.493 e. The molecule has 1 heterocycles. The molecule has 1 aliphatic rings. The van der Waals surface area contributed by atoms with Crippen LogP contribution >= 0.6 is 15.9 Å². The van der Waals surface area contributed by atoms with E-state index in [1.54, 1.807) is 7.11 Å². The van der Waals surface area contributed by atoms with Crippen LogP contribution in [0.5, 0.6) is 11.5 Å². The van der Waals surface area contributed by atoms with Gasteiger partial charge in [-0.15, -0.1) is 0 Å². The van der Waals surface area contributed by atoms with E-state index in [0.717, 1.165) is 10.0 Å². The topological polar surface area (TPSA) is 64.6 Å². The average molecular weight is 378 g/mol. The standard InChI is InChI=1S/C14H20BrNO4S/c1-3-20-14-12(15)6-10(7-13(14)19-2)8-16-11-4-5-21(17,18)9-11/h6-7,11,16H,3-5,8-9H2,1-2H3/t11-/m1/s1. The number of nitrogens with one attached hydrogen (secondary N) is 1. The van der Waals surface area contributed by atoms with Crippen LogP contribution in [0.4, 0.5) is 0 Å². The van der Waals surface area contributed by atoms with Crippen LogP contribution in [-0.4, -0.2) is 39.7 Å². The number of methoxy groups -OCH3 is 1. The summed E-state index contributed by atoms with van der Waals surface area (Å²) in [7, 11) is -1.25. The summed E-state index contributed by atoms with van der Waals surface area (Å²) < 4.78 is 34.6. The molecular formula is C14H20BrNO4S. The van der Waals surface area contributed by atoms with Crippen molar-refractivity contribution in [2.24, 2.45) is 0 Å². The number of rotatable bonds is 6. The number of ether oxygens (including phenoxy) is 2. The Morgan fingerprint density at radius 3 is 2.76 bits per heavy atom. The quantitative estimate of drug-likeness (QED) is 0.822. The second-order valence-electron chi connectivity index (χ2n) is 5.02. The Morgan fingerprint density at radius 1 is 1.43 bits per heavy atom. The largest absolute Gasteiger partial charge is 0.493 e. The van der Waals surface area contributed by atoms with Crippen LogP contribution in [-0.2, 0) is 16.4 Å². The molecule has 1 atom stereocenters. The predicted molar refractivity (Wildman–Crippen MR) is 85.8 cm³/mol. The minimum absolute atomic E-state index is 0.0336. The lowest BCUT2D eigenvalue weighted by Gasteiger charge is -2.15. The molecular weight excluding hydrogens is 358 g/mol. The summed E-state index contributed by atoms with van der Waals surface area (Å²) in [6.07, 6.45) is 0.678. The summed E-state index contributed by atoms with van der Waals surface area (Å²) >= 11 is 3.48. The first-order valence-corrected chi connectivity index (χ1v) is 9.49. The molecule has 1 aromatic rings. The fraction of sp³-hybridized carbons (Fsp3) is 0.571. The molecule has 5 nitrogen and oxygen atoms in total. The van der Waals surface area contributed by atoms with Crippen molar-refractivity contribution in [3.63, 3.8) is 0 Å². The van der Waals surface area contributed by atoms with E-state index >= 15 is 0 Å². The number of sulfone groups is 1. The van der Waals surface area contributed by atoms with E-state index in [1.807, 2.05) is 19.1 Å². The SMILES string of the molecule is CCOc1c(Br)cc(CN[C@@H]2CCS(=O)(=O)C2)cc1OC. The Balaban J connectivity index is 2.05. The van der Waals surface area contributed by atoms with Crippen LogP contribution in [0.3, 0.4) is 0 Å².